The number of hydrogen-bond donors (Lipinski definition) is 0. The Morgan fingerprint density at radius 1 is 0.906 bits per heavy atom. The first kappa shape index (κ1) is 21.0. The molecule has 0 spiro atoms. The lowest BCUT2D eigenvalue weighted by Gasteiger charge is -2.26. The monoisotopic (exact) mass is 445 g/mol. The van der Waals surface area contributed by atoms with Crippen LogP contribution in [0.3, 0.4) is 0 Å². The fourth-order valence-corrected chi connectivity index (χ4v) is 4.96. The lowest BCUT2D eigenvalue weighted by molar-refractivity contribution is 0.222. The fourth-order valence-electron chi connectivity index (χ4n) is 4.69. The highest BCUT2D eigenvalue weighted by Gasteiger charge is 2.16. The maximum Gasteiger partial charge on any atom is 0.119 e. The van der Waals surface area contributed by atoms with Crippen LogP contribution in [0.2, 0.25) is 5.02 Å². The van der Waals surface area contributed by atoms with Crippen molar-refractivity contribution in [1.82, 2.24) is 14.5 Å². The Hall–Kier alpha value is -2.82. The van der Waals surface area contributed by atoms with Crippen LogP contribution in [0.1, 0.15) is 19.3 Å². The number of likely N-dealkylation sites (tertiary alicyclic amines) is 1. The molecule has 5 rings (SSSR count). The summed E-state index contributed by atoms with van der Waals surface area (Å²) in [7, 11) is 1.69. The maximum absolute atomic E-state index is 6.71. The minimum absolute atomic E-state index is 0.779. The second-order valence-electron chi connectivity index (χ2n) is 8.47. The molecule has 1 aliphatic heterocycles. The van der Waals surface area contributed by atoms with Crippen molar-refractivity contribution in [3.63, 3.8) is 0 Å². The van der Waals surface area contributed by atoms with Gasteiger partial charge in [-0.1, -0.05) is 36.2 Å². The third-order valence-electron chi connectivity index (χ3n) is 6.41. The van der Waals surface area contributed by atoms with E-state index in [1.807, 2.05) is 42.7 Å². The van der Waals surface area contributed by atoms with E-state index < -0.39 is 0 Å². The van der Waals surface area contributed by atoms with Gasteiger partial charge >= 0.3 is 0 Å². The van der Waals surface area contributed by atoms with Crippen LogP contribution in [0.25, 0.3) is 33.2 Å². The normalized spacial score (nSPS) is 14.7. The van der Waals surface area contributed by atoms with Gasteiger partial charge in [0.1, 0.15) is 5.75 Å². The summed E-state index contributed by atoms with van der Waals surface area (Å²) in [5.74, 6) is 0.838. The van der Waals surface area contributed by atoms with Gasteiger partial charge in [0.15, 0.2) is 0 Å². The summed E-state index contributed by atoms with van der Waals surface area (Å²) >= 11 is 6.71. The summed E-state index contributed by atoms with van der Waals surface area (Å²) in [5, 5.41) is 1.87. The second-order valence-corrected chi connectivity index (χ2v) is 8.87. The Morgan fingerprint density at radius 2 is 1.72 bits per heavy atom. The van der Waals surface area contributed by atoms with Crippen molar-refractivity contribution in [2.75, 3.05) is 26.7 Å². The Balaban J connectivity index is 1.52. The molecule has 0 aliphatic carbocycles. The third kappa shape index (κ3) is 4.25. The summed E-state index contributed by atoms with van der Waals surface area (Å²) in [6, 6.07) is 16.4. The lowest BCUT2D eigenvalue weighted by Crippen LogP contribution is -2.32. The molecule has 2 aromatic heterocycles. The van der Waals surface area contributed by atoms with Crippen molar-refractivity contribution >= 4 is 22.5 Å². The third-order valence-corrected chi connectivity index (χ3v) is 6.73. The first-order valence-electron chi connectivity index (χ1n) is 11.3. The molecule has 1 saturated heterocycles. The number of nitrogens with zero attached hydrogens (tertiary/aromatic N) is 3. The molecule has 0 unspecified atom stereocenters. The number of methoxy groups -OCH3 is 1. The Kier molecular flexibility index (Phi) is 6.15. The average molecular weight is 446 g/mol. The molecule has 0 bridgehead atoms. The highest BCUT2D eigenvalue weighted by molar-refractivity contribution is 6.36. The van der Waals surface area contributed by atoms with Crippen molar-refractivity contribution in [2.24, 2.45) is 0 Å². The van der Waals surface area contributed by atoms with Gasteiger partial charge < -0.3 is 14.2 Å². The fraction of sp³-hybridized carbons (Fsp3) is 0.296. The number of hydrogen-bond acceptors (Lipinski definition) is 3. The van der Waals surface area contributed by atoms with Crippen LogP contribution in [0, 0.1) is 0 Å². The molecule has 164 valence electrons. The number of ether oxygens (including phenoxy) is 1. The average Bonchev–Trinajstić information content (AvgIpc) is 3.23. The van der Waals surface area contributed by atoms with Crippen molar-refractivity contribution in [3.05, 3.63) is 72.1 Å². The van der Waals surface area contributed by atoms with E-state index in [1.165, 1.54) is 37.9 Å². The van der Waals surface area contributed by atoms with Gasteiger partial charge in [-0.2, -0.15) is 0 Å². The van der Waals surface area contributed by atoms with Crippen molar-refractivity contribution in [3.8, 4) is 28.0 Å². The van der Waals surface area contributed by atoms with Crippen LogP contribution in [0.15, 0.2) is 67.1 Å². The molecule has 4 nitrogen and oxygen atoms in total. The van der Waals surface area contributed by atoms with Gasteiger partial charge in [-0.25, -0.2) is 0 Å². The molecule has 0 saturated carbocycles. The topological polar surface area (TPSA) is 30.3 Å². The SMILES string of the molecule is COc1cccc(-c2cncc(-c3cn(CCN4CCCCC4)c4cccc(Cl)c34)c2)c1. The van der Waals surface area contributed by atoms with E-state index in [0.717, 1.165) is 51.5 Å². The zero-order valence-electron chi connectivity index (χ0n) is 18.4. The summed E-state index contributed by atoms with van der Waals surface area (Å²) < 4.78 is 7.75. The smallest absolute Gasteiger partial charge is 0.119 e. The number of pyridine rings is 1. The zero-order valence-corrected chi connectivity index (χ0v) is 19.2. The first-order valence-corrected chi connectivity index (χ1v) is 11.7. The van der Waals surface area contributed by atoms with Crippen LogP contribution in [-0.4, -0.2) is 41.2 Å². The Bertz CT molecular complexity index is 1230. The molecule has 1 aliphatic rings. The van der Waals surface area contributed by atoms with Crippen LogP contribution in [0.4, 0.5) is 0 Å². The summed E-state index contributed by atoms with van der Waals surface area (Å²) in [6.07, 6.45) is 10.1. The van der Waals surface area contributed by atoms with Crippen LogP contribution in [-0.2, 0) is 6.54 Å². The van der Waals surface area contributed by atoms with Crippen molar-refractivity contribution in [2.45, 2.75) is 25.8 Å². The van der Waals surface area contributed by atoms with Gasteiger partial charge in [0.25, 0.3) is 0 Å². The van der Waals surface area contributed by atoms with E-state index in [9.17, 15) is 0 Å². The van der Waals surface area contributed by atoms with E-state index >= 15 is 0 Å². The zero-order chi connectivity index (χ0) is 21.9. The van der Waals surface area contributed by atoms with Crippen LogP contribution < -0.4 is 4.74 Å². The van der Waals surface area contributed by atoms with Gasteiger partial charge in [-0.05, 0) is 61.8 Å². The molecular weight excluding hydrogens is 418 g/mol. The predicted octanol–water partition coefficient (Wildman–Crippen LogP) is 6.52. The summed E-state index contributed by atoms with van der Waals surface area (Å²) in [5.41, 5.74) is 5.51. The minimum atomic E-state index is 0.779. The number of fused-ring (bicyclic) bond motifs is 1. The number of benzene rings is 2. The highest BCUT2D eigenvalue weighted by Crippen LogP contribution is 2.37. The predicted molar refractivity (Wildman–Crippen MR) is 132 cm³/mol. The van der Waals surface area contributed by atoms with Crippen molar-refractivity contribution < 1.29 is 4.74 Å². The maximum atomic E-state index is 6.71. The number of piperidine rings is 1. The van der Waals surface area contributed by atoms with E-state index in [-0.39, 0.29) is 0 Å². The largest absolute Gasteiger partial charge is 0.497 e. The second kappa shape index (κ2) is 9.35. The summed E-state index contributed by atoms with van der Waals surface area (Å²) in [6.45, 7) is 4.44. The first-order chi connectivity index (χ1) is 15.7. The number of rotatable bonds is 6. The molecule has 0 radical (unpaired) electrons. The molecule has 0 amide bonds. The van der Waals surface area contributed by atoms with Gasteiger partial charge in [0.05, 0.1) is 17.6 Å². The van der Waals surface area contributed by atoms with E-state index in [2.05, 4.69) is 38.8 Å². The molecule has 3 heterocycles. The van der Waals surface area contributed by atoms with Gasteiger partial charge in [-0.15, -0.1) is 0 Å². The molecular formula is C27H28ClN3O. The molecule has 1 fully saturated rings. The lowest BCUT2D eigenvalue weighted by atomic mass is 10.0. The quantitative estimate of drug-likeness (QED) is 0.338. The molecule has 0 N–H and O–H groups in total. The number of aromatic nitrogens is 2. The van der Waals surface area contributed by atoms with Crippen molar-refractivity contribution in [1.29, 1.82) is 0 Å². The van der Waals surface area contributed by atoms with Gasteiger partial charge in [-0.3, -0.25) is 4.98 Å². The standard InChI is InChI=1S/C27H28ClN3O/c1-32-23-8-5-7-20(16-23)21-15-22(18-29-17-21)24-19-31(14-13-30-11-3-2-4-12-30)26-10-6-9-25(28)27(24)26/h5-10,15-19H,2-4,11-14H2,1H3. The molecule has 32 heavy (non-hydrogen) atoms. The molecule has 0 atom stereocenters. The summed E-state index contributed by atoms with van der Waals surface area (Å²) in [4.78, 5) is 7.13. The number of halogens is 1. The van der Waals surface area contributed by atoms with E-state index in [0.29, 0.717) is 0 Å². The molecule has 2 aromatic carbocycles. The van der Waals surface area contributed by atoms with E-state index in [1.54, 1.807) is 7.11 Å². The van der Waals surface area contributed by atoms with E-state index in [4.69, 9.17) is 16.3 Å². The van der Waals surface area contributed by atoms with Crippen LogP contribution >= 0.6 is 11.6 Å². The molecule has 5 heteroatoms. The van der Waals surface area contributed by atoms with Gasteiger partial charge in [0, 0.05) is 53.8 Å². The highest BCUT2D eigenvalue weighted by atomic mass is 35.5. The molecule has 4 aromatic rings. The van der Waals surface area contributed by atoms with Crippen LogP contribution in [0.5, 0.6) is 5.75 Å². The Morgan fingerprint density at radius 3 is 2.56 bits per heavy atom. The minimum Gasteiger partial charge on any atom is -0.497 e. The Labute approximate surface area is 194 Å². The van der Waals surface area contributed by atoms with Gasteiger partial charge in [0.2, 0.25) is 0 Å².